The van der Waals surface area contributed by atoms with Crippen LogP contribution in [0.4, 0.5) is 14.5 Å². The van der Waals surface area contributed by atoms with Gasteiger partial charge < -0.3 is 0 Å². The highest BCUT2D eigenvalue weighted by atomic mass is 32.2. The molecule has 0 aliphatic carbocycles. The van der Waals surface area contributed by atoms with Gasteiger partial charge in [0.15, 0.2) is 0 Å². The molecular formula is C17H11F2N3O2S. The van der Waals surface area contributed by atoms with Crippen molar-refractivity contribution in [3.8, 4) is 12.1 Å². The fourth-order valence-electron chi connectivity index (χ4n) is 2.95. The highest BCUT2D eigenvalue weighted by Gasteiger charge is 2.44. The summed E-state index contributed by atoms with van der Waals surface area (Å²) in [6, 6.07) is 11.9. The van der Waals surface area contributed by atoms with E-state index in [0.717, 1.165) is 0 Å². The molecule has 1 aliphatic heterocycles. The van der Waals surface area contributed by atoms with Crippen molar-refractivity contribution >= 4 is 15.7 Å². The number of alkyl halides is 2. The molecule has 2 aromatic carbocycles. The molecule has 0 saturated carbocycles. The molecular weight excluding hydrogens is 348 g/mol. The maximum atomic E-state index is 13.6. The third-order valence-electron chi connectivity index (χ3n) is 4.06. The first-order chi connectivity index (χ1) is 11.9. The van der Waals surface area contributed by atoms with Crippen molar-refractivity contribution in [2.24, 2.45) is 0 Å². The highest BCUT2D eigenvalue weighted by molar-refractivity contribution is 7.92. The summed E-state index contributed by atoms with van der Waals surface area (Å²) in [5, 5.41) is 18.4. The lowest BCUT2D eigenvalue weighted by atomic mass is 9.99. The van der Waals surface area contributed by atoms with Crippen molar-refractivity contribution in [3.05, 3.63) is 59.2 Å². The number of halogens is 2. The van der Waals surface area contributed by atoms with Crippen LogP contribution in [0.25, 0.3) is 0 Å². The quantitative estimate of drug-likeness (QED) is 0.843. The van der Waals surface area contributed by atoms with Crippen LogP contribution in [0.1, 0.15) is 16.7 Å². The van der Waals surface area contributed by atoms with E-state index in [1.807, 2.05) is 12.1 Å². The lowest BCUT2D eigenvalue weighted by Crippen LogP contribution is -2.42. The molecule has 1 unspecified atom stereocenters. The monoisotopic (exact) mass is 359 g/mol. The van der Waals surface area contributed by atoms with Gasteiger partial charge >= 0.3 is 0 Å². The number of benzene rings is 2. The second-order valence-electron chi connectivity index (χ2n) is 5.43. The maximum absolute atomic E-state index is 13.6. The Morgan fingerprint density at radius 2 is 1.76 bits per heavy atom. The van der Waals surface area contributed by atoms with Crippen LogP contribution in [-0.2, 0) is 16.4 Å². The molecule has 1 heterocycles. The van der Waals surface area contributed by atoms with Crippen molar-refractivity contribution in [3.63, 3.8) is 0 Å². The summed E-state index contributed by atoms with van der Waals surface area (Å²) < 4.78 is 53.6. The van der Waals surface area contributed by atoms with Crippen LogP contribution < -0.4 is 4.31 Å². The molecule has 5 nitrogen and oxygen atoms in total. The summed E-state index contributed by atoms with van der Waals surface area (Å²) in [5.74, 6) is 0. The molecule has 0 amide bonds. The number of anilines is 1. The van der Waals surface area contributed by atoms with Gasteiger partial charge in [-0.25, -0.2) is 17.2 Å². The van der Waals surface area contributed by atoms with Crippen LogP contribution in [0.3, 0.4) is 0 Å². The third kappa shape index (κ3) is 2.61. The molecule has 0 aromatic heterocycles. The van der Waals surface area contributed by atoms with Crippen molar-refractivity contribution in [2.75, 3.05) is 4.31 Å². The first-order valence-electron chi connectivity index (χ1n) is 7.25. The lowest BCUT2D eigenvalue weighted by Gasteiger charge is -2.26. The normalized spacial score (nSPS) is 16.4. The Balaban J connectivity index is 2.24. The Labute approximate surface area is 143 Å². The molecule has 0 saturated heterocycles. The Hall–Kier alpha value is -2.97. The highest BCUT2D eigenvalue weighted by Crippen LogP contribution is 2.41. The zero-order chi connectivity index (χ0) is 18.2. The molecule has 0 radical (unpaired) electrons. The van der Waals surface area contributed by atoms with Crippen LogP contribution in [0.15, 0.2) is 47.4 Å². The van der Waals surface area contributed by atoms with E-state index in [4.69, 9.17) is 5.26 Å². The van der Waals surface area contributed by atoms with Gasteiger partial charge in [-0.2, -0.15) is 10.5 Å². The smallest absolute Gasteiger partial charge is 0.257 e. The fraction of sp³-hybridized carbons (Fsp3) is 0.176. The van der Waals surface area contributed by atoms with Gasteiger partial charge in [0.2, 0.25) is 0 Å². The molecule has 0 N–H and O–H groups in total. The Morgan fingerprint density at radius 1 is 1.08 bits per heavy atom. The van der Waals surface area contributed by atoms with Crippen LogP contribution in [-0.4, -0.2) is 20.9 Å². The van der Waals surface area contributed by atoms with Crippen molar-refractivity contribution in [1.82, 2.24) is 0 Å². The SMILES string of the molecule is N#Cc1ccc2c(c1C#N)CC(C(F)F)N2S(=O)(=O)c1ccccc1. The van der Waals surface area contributed by atoms with E-state index in [-0.39, 0.29) is 33.7 Å². The van der Waals surface area contributed by atoms with Gasteiger partial charge in [0, 0.05) is 6.42 Å². The van der Waals surface area contributed by atoms with Crippen LogP contribution >= 0.6 is 0 Å². The first-order valence-corrected chi connectivity index (χ1v) is 8.69. The number of hydrogen-bond donors (Lipinski definition) is 0. The minimum atomic E-state index is -4.23. The zero-order valence-corrected chi connectivity index (χ0v) is 13.5. The van der Waals surface area contributed by atoms with E-state index in [0.29, 0.717) is 4.31 Å². The van der Waals surface area contributed by atoms with Crippen LogP contribution in [0.2, 0.25) is 0 Å². The van der Waals surface area contributed by atoms with Gasteiger partial charge in [-0.3, -0.25) is 4.31 Å². The average molecular weight is 359 g/mol. The van der Waals surface area contributed by atoms with Gasteiger partial charge in [0.1, 0.15) is 18.2 Å². The predicted molar refractivity (Wildman–Crippen MR) is 85.5 cm³/mol. The summed E-state index contributed by atoms with van der Waals surface area (Å²) in [6.07, 6.45) is -3.26. The minimum absolute atomic E-state index is 0.0182. The Bertz CT molecular complexity index is 1010. The number of fused-ring (bicyclic) bond motifs is 1. The van der Waals surface area contributed by atoms with E-state index in [1.54, 1.807) is 6.07 Å². The second-order valence-corrected chi connectivity index (χ2v) is 7.24. The summed E-state index contributed by atoms with van der Waals surface area (Å²) in [6.45, 7) is 0. The first kappa shape index (κ1) is 16.9. The molecule has 2 aromatic rings. The van der Waals surface area contributed by atoms with E-state index in [9.17, 15) is 22.5 Å². The van der Waals surface area contributed by atoms with Crippen LogP contribution in [0, 0.1) is 22.7 Å². The summed E-state index contributed by atoms with van der Waals surface area (Å²) >= 11 is 0. The summed E-state index contributed by atoms with van der Waals surface area (Å²) in [4.78, 5) is -0.114. The van der Waals surface area contributed by atoms with Crippen LogP contribution in [0.5, 0.6) is 0 Å². The topological polar surface area (TPSA) is 85.0 Å². The summed E-state index contributed by atoms with van der Waals surface area (Å²) in [5.41, 5.74) is 0.153. The molecule has 0 spiro atoms. The molecule has 8 heteroatoms. The number of hydrogen-bond acceptors (Lipinski definition) is 4. The largest absolute Gasteiger partial charge is 0.264 e. The van der Waals surface area contributed by atoms with E-state index in [2.05, 4.69) is 0 Å². The lowest BCUT2D eigenvalue weighted by molar-refractivity contribution is 0.121. The zero-order valence-electron chi connectivity index (χ0n) is 12.7. The molecule has 1 aliphatic rings. The molecule has 1 atom stereocenters. The van der Waals surface area contributed by atoms with E-state index >= 15 is 0 Å². The molecule has 3 rings (SSSR count). The number of rotatable bonds is 3. The number of nitriles is 2. The van der Waals surface area contributed by atoms with Gasteiger partial charge in [0.25, 0.3) is 16.4 Å². The summed E-state index contributed by atoms with van der Waals surface area (Å²) in [7, 11) is -4.23. The van der Waals surface area contributed by atoms with Gasteiger partial charge in [-0.1, -0.05) is 18.2 Å². The molecule has 126 valence electrons. The van der Waals surface area contributed by atoms with Crippen molar-refractivity contribution < 1.29 is 17.2 Å². The van der Waals surface area contributed by atoms with E-state index in [1.165, 1.54) is 36.4 Å². The van der Waals surface area contributed by atoms with Gasteiger partial charge in [-0.15, -0.1) is 0 Å². The van der Waals surface area contributed by atoms with Crippen molar-refractivity contribution in [2.45, 2.75) is 23.8 Å². The standard InChI is InChI=1S/C17H11F2N3O2S/c18-17(19)16-8-13-14(10-21)11(9-20)6-7-15(13)22(16)25(23,24)12-4-2-1-3-5-12/h1-7,16-17H,8H2. The maximum Gasteiger partial charge on any atom is 0.264 e. The fourth-order valence-corrected chi connectivity index (χ4v) is 4.63. The molecule has 25 heavy (non-hydrogen) atoms. The molecule has 0 fully saturated rings. The predicted octanol–water partition coefficient (Wildman–Crippen LogP) is 2.82. The average Bonchev–Trinajstić information content (AvgIpc) is 3.02. The number of sulfonamides is 1. The van der Waals surface area contributed by atoms with Crippen molar-refractivity contribution in [1.29, 1.82) is 10.5 Å². The molecule has 0 bridgehead atoms. The number of nitrogens with zero attached hydrogens (tertiary/aromatic N) is 3. The van der Waals surface area contributed by atoms with E-state index < -0.39 is 22.5 Å². The Kier molecular flexibility index (Phi) is 4.15. The third-order valence-corrected chi connectivity index (χ3v) is 5.92. The van der Waals surface area contributed by atoms with Gasteiger partial charge in [0.05, 0.1) is 21.7 Å². The Morgan fingerprint density at radius 3 is 2.32 bits per heavy atom. The second kappa shape index (κ2) is 6.15. The minimum Gasteiger partial charge on any atom is -0.257 e. The van der Waals surface area contributed by atoms with Gasteiger partial charge in [-0.05, 0) is 29.8 Å².